The Morgan fingerprint density at radius 3 is 3.04 bits per heavy atom. The average Bonchev–Trinajstić information content (AvgIpc) is 3.32. The van der Waals surface area contributed by atoms with Gasteiger partial charge in [0.2, 0.25) is 0 Å². The van der Waals surface area contributed by atoms with E-state index in [-0.39, 0.29) is 34.0 Å². The summed E-state index contributed by atoms with van der Waals surface area (Å²) < 4.78 is 15.7. The summed E-state index contributed by atoms with van der Waals surface area (Å²) in [6, 6.07) is 5.44. The second-order valence-electron chi connectivity index (χ2n) is 4.62. The standard InChI is InChI=1S/C15H12N4O4S2/c1-2-21-14(20)11-9(8(6-16)12(17)25-11)7-24-15-19-18-13(23-15)10-4-3-5-22-10/h3-5H,2,7,17H2,1H3. The number of nitrogens with two attached hydrogens (primary N) is 1. The molecule has 8 nitrogen and oxygen atoms in total. The second-order valence-corrected chi connectivity index (χ2v) is 6.60. The summed E-state index contributed by atoms with van der Waals surface area (Å²) in [6.45, 7) is 1.95. The number of furan rings is 1. The highest BCUT2D eigenvalue weighted by atomic mass is 32.2. The number of carbonyl (C=O) groups excluding carboxylic acids is 1. The number of nitrogens with zero attached hydrogens (tertiary/aromatic N) is 3. The fourth-order valence-electron chi connectivity index (χ4n) is 2.01. The largest absolute Gasteiger partial charge is 0.462 e. The molecule has 0 unspecified atom stereocenters. The smallest absolute Gasteiger partial charge is 0.348 e. The Morgan fingerprint density at radius 2 is 2.36 bits per heavy atom. The highest BCUT2D eigenvalue weighted by molar-refractivity contribution is 7.98. The van der Waals surface area contributed by atoms with Crippen LogP contribution in [0.2, 0.25) is 0 Å². The summed E-state index contributed by atoms with van der Waals surface area (Å²) in [7, 11) is 0. The van der Waals surface area contributed by atoms with Gasteiger partial charge in [-0.3, -0.25) is 0 Å². The van der Waals surface area contributed by atoms with Gasteiger partial charge in [0.15, 0.2) is 5.76 Å². The Labute approximate surface area is 150 Å². The second kappa shape index (κ2) is 7.42. The van der Waals surface area contributed by atoms with Crippen LogP contribution in [0, 0.1) is 11.3 Å². The van der Waals surface area contributed by atoms with Crippen molar-refractivity contribution in [2.24, 2.45) is 0 Å². The Balaban J connectivity index is 1.81. The molecule has 10 heteroatoms. The number of carbonyl (C=O) groups is 1. The van der Waals surface area contributed by atoms with Crippen LogP contribution in [-0.2, 0) is 10.5 Å². The first-order valence-electron chi connectivity index (χ1n) is 7.12. The molecule has 25 heavy (non-hydrogen) atoms. The van der Waals surface area contributed by atoms with E-state index >= 15 is 0 Å². The van der Waals surface area contributed by atoms with Gasteiger partial charge in [-0.1, -0.05) is 11.8 Å². The molecule has 0 fully saturated rings. The van der Waals surface area contributed by atoms with Gasteiger partial charge in [-0.05, 0) is 19.1 Å². The molecule has 0 amide bonds. The zero-order chi connectivity index (χ0) is 17.8. The molecule has 3 rings (SSSR count). The van der Waals surface area contributed by atoms with Crippen LogP contribution in [0.5, 0.6) is 0 Å². The van der Waals surface area contributed by atoms with Gasteiger partial charge in [-0.15, -0.1) is 21.5 Å². The summed E-state index contributed by atoms with van der Waals surface area (Å²) in [5, 5.41) is 17.7. The number of nitrogen functional groups attached to an aromatic ring is 1. The van der Waals surface area contributed by atoms with E-state index in [0.717, 1.165) is 11.3 Å². The van der Waals surface area contributed by atoms with E-state index in [1.54, 1.807) is 19.1 Å². The van der Waals surface area contributed by atoms with Crippen LogP contribution in [0.4, 0.5) is 5.00 Å². The Bertz CT molecular complexity index is 924. The zero-order valence-electron chi connectivity index (χ0n) is 13.0. The molecule has 0 bridgehead atoms. The van der Waals surface area contributed by atoms with Crippen LogP contribution in [0.15, 0.2) is 32.5 Å². The molecule has 0 saturated carbocycles. The van der Waals surface area contributed by atoms with Crippen LogP contribution in [0.25, 0.3) is 11.7 Å². The van der Waals surface area contributed by atoms with Gasteiger partial charge < -0.3 is 19.3 Å². The number of aromatic nitrogens is 2. The van der Waals surface area contributed by atoms with Gasteiger partial charge >= 0.3 is 5.97 Å². The third-order valence-corrected chi connectivity index (χ3v) is 4.97. The quantitative estimate of drug-likeness (QED) is 0.509. The SMILES string of the molecule is CCOC(=O)c1sc(N)c(C#N)c1CSc1nnc(-c2ccco2)o1. The first kappa shape index (κ1) is 17.1. The molecule has 0 radical (unpaired) electrons. The predicted molar refractivity (Wildman–Crippen MR) is 91.0 cm³/mol. The maximum Gasteiger partial charge on any atom is 0.348 e. The molecule has 2 N–H and O–H groups in total. The lowest BCUT2D eigenvalue weighted by atomic mass is 10.2. The molecule has 0 atom stereocenters. The maximum atomic E-state index is 12.1. The van der Waals surface area contributed by atoms with E-state index in [0.29, 0.717) is 16.2 Å². The Kier molecular flexibility index (Phi) is 5.06. The minimum absolute atomic E-state index is 0.237. The van der Waals surface area contributed by atoms with E-state index in [1.165, 1.54) is 18.0 Å². The van der Waals surface area contributed by atoms with Crippen molar-refractivity contribution in [2.75, 3.05) is 12.3 Å². The van der Waals surface area contributed by atoms with Gasteiger partial charge in [0.05, 0.1) is 18.4 Å². The Hall–Kier alpha value is -2.77. The number of thioether (sulfide) groups is 1. The van der Waals surface area contributed by atoms with Crippen molar-refractivity contribution in [1.82, 2.24) is 10.2 Å². The van der Waals surface area contributed by atoms with Gasteiger partial charge in [-0.2, -0.15) is 5.26 Å². The first-order chi connectivity index (χ1) is 12.1. The molecule has 0 aliphatic carbocycles. The average molecular weight is 376 g/mol. The van der Waals surface area contributed by atoms with Crippen molar-refractivity contribution >= 4 is 34.1 Å². The monoisotopic (exact) mass is 376 g/mol. The number of hydrogen-bond acceptors (Lipinski definition) is 10. The lowest BCUT2D eigenvalue weighted by molar-refractivity contribution is 0.0531. The van der Waals surface area contributed by atoms with Crippen molar-refractivity contribution in [3.8, 4) is 17.7 Å². The van der Waals surface area contributed by atoms with Crippen molar-refractivity contribution in [1.29, 1.82) is 5.26 Å². The summed E-state index contributed by atoms with van der Waals surface area (Å²) in [5.41, 5.74) is 6.61. The van der Waals surface area contributed by atoms with Crippen LogP contribution in [-0.4, -0.2) is 22.8 Å². The van der Waals surface area contributed by atoms with Crippen molar-refractivity contribution < 1.29 is 18.4 Å². The van der Waals surface area contributed by atoms with E-state index in [9.17, 15) is 10.1 Å². The van der Waals surface area contributed by atoms with Gasteiger partial charge in [0.25, 0.3) is 11.1 Å². The third-order valence-electron chi connectivity index (χ3n) is 3.09. The zero-order valence-corrected chi connectivity index (χ0v) is 14.6. The molecular weight excluding hydrogens is 364 g/mol. The van der Waals surface area contributed by atoms with Crippen LogP contribution in [0.1, 0.15) is 27.7 Å². The fraction of sp³-hybridized carbons (Fsp3) is 0.200. The molecule has 3 aromatic rings. The van der Waals surface area contributed by atoms with Crippen LogP contribution in [0.3, 0.4) is 0 Å². The molecule has 0 saturated heterocycles. The molecular formula is C15H12N4O4S2. The van der Waals surface area contributed by atoms with Gasteiger partial charge in [0, 0.05) is 11.3 Å². The molecule has 3 heterocycles. The van der Waals surface area contributed by atoms with E-state index < -0.39 is 5.97 Å². The number of thiophene rings is 1. The van der Waals surface area contributed by atoms with Crippen molar-refractivity contribution in [2.45, 2.75) is 17.9 Å². The third kappa shape index (κ3) is 3.52. The lowest BCUT2D eigenvalue weighted by Crippen LogP contribution is -2.05. The molecule has 0 spiro atoms. The molecule has 3 aromatic heterocycles. The Morgan fingerprint density at radius 1 is 1.52 bits per heavy atom. The minimum atomic E-state index is -0.502. The predicted octanol–water partition coefficient (Wildman–Crippen LogP) is 3.31. The molecule has 0 aliphatic heterocycles. The summed E-state index contributed by atoms with van der Waals surface area (Å²) >= 11 is 2.23. The number of ether oxygens (including phenoxy) is 1. The highest BCUT2D eigenvalue weighted by Gasteiger charge is 2.23. The molecule has 0 aromatic carbocycles. The number of esters is 1. The van der Waals surface area contributed by atoms with Gasteiger partial charge in [-0.25, -0.2) is 4.79 Å². The summed E-state index contributed by atoms with van der Waals surface area (Å²) in [4.78, 5) is 12.4. The van der Waals surface area contributed by atoms with Crippen LogP contribution < -0.4 is 5.73 Å². The van der Waals surface area contributed by atoms with E-state index in [4.69, 9.17) is 19.3 Å². The topological polar surface area (TPSA) is 128 Å². The minimum Gasteiger partial charge on any atom is -0.462 e. The molecule has 0 aliphatic rings. The number of hydrogen-bond donors (Lipinski definition) is 1. The first-order valence-corrected chi connectivity index (χ1v) is 8.92. The fourth-order valence-corrected chi connectivity index (χ4v) is 3.82. The van der Waals surface area contributed by atoms with Crippen molar-refractivity contribution in [3.63, 3.8) is 0 Å². The highest BCUT2D eigenvalue weighted by Crippen LogP contribution is 2.35. The number of rotatable bonds is 6. The van der Waals surface area contributed by atoms with Crippen LogP contribution >= 0.6 is 23.1 Å². The van der Waals surface area contributed by atoms with E-state index in [1.807, 2.05) is 6.07 Å². The number of anilines is 1. The normalized spacial score (nSPS) is 10.6. The van der Waals surface area contributed by atoms with Gasteiger partial charge in [0.1, 0.15) is 15.9 Å². The molecule has 128 valence electrons. The summed E-state index contributed by atoms with van der Waals surface area (Å²) in [6.07, 6.45) is 1.51. The lowest BCUT2D eigenvalue weighted by Gasteiger charge is -2.02. The summed E-state index contributed by atoms with van der Waals surface area (Å²) in [5.74, 6) is 0.482. The number of nitriles is 1. The maximum absolute atomic E-state index is 12.1. The van der Waals surface area contributed by atoms with Crippen molar-refractivity contribution in [3.05, 3.63) is 34.4 Å². The van der Waals surface area contributed by atoms with E-state index in [2.05, 4.69) is 10.2 Å².